The lowest BCUT2D eigenvalue weighted by atomic mass is 10.0. The van der Waals surface area contributed by atoms with Gasteiger partial charge in [-0.15, -0.1) is 0 Å². The van der Waals surface area contributed by atoms with E-state index in [0.717, 1.165) is 24.8 Å². The smallest absolute Gasteiger partial charge is 0.119 e. The molecule has 1 aromatic carbocycles. The van der Waals surface area contributed by atoms with Crippen LogP contribution in [-0.4, -0.2) is 38.2 Å². The molecule has 3 nitrogen and oxygen atoms in total. The third-order valence-corrected chi connectivity index (χ3v) is 4.45. The average Bonchev–Trinajstić information content (AvgIpc) is 2.95. The van der Waals surface area contributed by atoms with Gasteiger partial charge in [-0.05, 0) is 49.5 Å². The van der Waals surface area contributed by atoms with Crippen molar-refractivity contribution in [3.63, 3.8) is 0 Å². The first-order valence-electron chi connectivity index (χ1n) is 8.36. The first kappa shape index (κ1) is 16.3. The average molecular weight is 290 g/mol. The van der Waals surface area contributed by atoms with Crippen molar-refractivity contribution >= 4 is 0 Å². The summed E-state index contributed by atoms with van der Waals surface area (Å²) in [7, 11) is 1.73. The molecule has 0 radical (unpaired) electrons. The van der Waals surface area contributed by atoms with Crippen LogP contribution in [0.25, 0.3) is 0 Å². The van der Waals surface area contributed by atoms with Crippen molar-refractivity contribution in [3.05, 3.63) is 29.8 Å². The van der Waals surface area contributed by atoms with E-state index in [4.69, 9.17) is 4.74 Å². The van der Waals surface area contributed by atoms with Crippen molar-refractivity contribution in [1.29, 1.82) is 0 Å². The van der Waals surface area contributed by atoms with E-state index in [9.17, 15) is 0 Å². The van der Waals surface area contributed by atoms with E-state index in [1.807, 2.05) is 6.07 Å². The van der Waals surface area contributed by atoms with Gasteiger partial charge in [0.15, 0.2) is 0 Å². The molecule has 0 aromatic heterocycles. The predicted molar refractivity (Wildman–Crippen MR) is 88.9 cm³/mol. The zero-order chi connectivity index (χ0) is 15.1. The minimum atomic E-state index is 0.394. The fraction of sp³-hybridized carbons (Fsp3) is 0.667. The molecule has 1 aliphatic rings. The third kappa shape index (κ3) is 4.72. The second-order valence-electron chi connectivity index (χ2n) is 6.09. The van der Waals surface area contributed by atoms with Crippen LogP contribution in [0.15, 0.2) is 24.3 Å². The maximum Gasteiger partial charge on any atom is 0.119 e. The van der Waals surface area contributed by atoms with Gasteiger partial charge in [0.05, 0.1) is 7.11 Å². The van der Waals surface area contributed by atoms with Crippen molar-refractivity contribution in [2.24, 2.45) is 5.92 Å². The topological polar surface area (TPSA) is 24.5 Å². The predicted octanol–water partition coefficient (Wildman–Crippen LogP) is 3.47. The van der Waals surface area contributed by atoms with Gasteiger partial charge in [0.25, 0.3) is 0 Å². The first-order valence-corrected chi connectivity index (χ1v) is 8.36. The molecule has 0 bridgehead atoms. The van der Waals surface area contributed by atoms with E-state index in [-0.39, 0.29) is 0 Å². The summed E-state index contributed by atoms with van der Waals surface area (Å²) in [4.78, 5) is 2.62. The molecule has 1 aromatic rings. The summed E-state index contributed by atoms with van der Waals surface area (Å²) in [6.45, 7) is 9.07. The first-order chi connectivity index (χ1) is 10.3. The van der Waals surface area contributed by atoms with Gasteiger partial charge in [-0.3, -0.25) is 0 Å². The third-order valence-electron chi connectivity index (χ3n) is 4.45. The summed E-state index contributed by atoms with van der Waals surface area (Å²) in [6.07, 6.45) is 4.05. The molecule has 2 rings (SSSR count). The molecule has 2 unspecified atom stereocenters. The van der Waals surface area contributed by atoms with Gasteiger partial charge in [0, 0.05) is 19.1 Å². The Kier molecular flexibility index (Phi) is 6.52. The van der Waals surface area contributed by atoms with Gasteiger partial charge < -0.3 is 15.0 Å². The van der Waals surface area contributed by atoms with Gasteiger partial charge in [-0.25, -0.2) is 0 Å². The number of likely N-dealkylation sites (tertiary alicyclic amines) is 1. The highest BCUT2D eigenvalue weighted by Crippen LogP contribution is 2.25. The molecule has 0 saturated carbocycles. The molecule has 118 valence electrons. The van der Waals surface area contributed by atoms with E-state index < -0.39 is 0 Å². The van der Waals surface area contributed by atoms with E-state index >= 15 is 0 Å². The second-order valence-corrected chi connectivity index (χ2v) is 6.09. The molecular formula is C18H30N2O. The zero-order valence-corrected chi connectivity index (χ0v) is 13.8. The fourth-order valence-electron chi connectivity index (χ4n) is 3.37. The largest absolute Gasteiger partial charge is 0.497 e. The van der Waals surface area contributed by atoms with Crippen LogP contribution in [0.2, 0.25) is 0 Å². The maximum absolute atomic E-state index is 5.36. The van der Waals surface area contributed by atoms with Crippen LogP contribution in [0, 0.1) is 5.92 Å². The highest BCUT2D eigenvalue weighted by atomic mass is 16.5. The minimum absolute atomic E-state index is 0.394. The van der Waals surface area contributed by atoms with Crippen LogP contribution in [0.1, 0.15) is 44.7 Å². The summed E-state index contributed by atoms with van der Waals surface area (Å²) in [5, 5.41) is 3.63. The van der Waals surface area contributed by atoms with Crippen LogP contribution in [0.5, 0.6) is 5.75 Å². The van der Waals surface area contributed by atoms with E-state index in [1.165, 1.54) is 37.9 Å². The molecule has 21 heavy (non-hydrogen) atoms. The standard InChI is InChI=1S/C18H30N2O/c1-4-7-15-10-11-20(13-15)14-18(19-5-2)16-8-6-9-17(12-16)21-3/h6,8-9,12,15,18-19H,4-5,7,10-11,13-14H2,1-3H3. The Morgan fingerprint density at radius 1 is 1.38 bits per heavy atom. The minimum Gasteiger partial charge on any atom is -0.497 e. The summed E-state index contributed by atoms with van der Waals surface area (Å²) >= 11 is 0. The molecular weight excluding hydrogens is 260 g/mol. The Morgan fingerprint density at radius 3 is 2.95 bits per heavy atom. The molecule has 2 atom stereocenters. The quantitative estimate of drug-likeness (QED) is 0.793. The molecule has 0 amide bonds. The number of nitrogens with zero attached hydrogens (tertiary/aromatic N) is 1. The molecule has 1 fully saturated rings. The van der Waals surface area contributed by atoms with E-state index in [1.54, 1.807) is 7.11 Å². The lowest BCUT2D eigenvalue weighted by Gasteiger charge is -2.25. The van der Waals surface area contributed by atoms with Crippen LogP contribution in [-0.2, 0) is 0 Å². The number of rotatable bonds is 8. The molecule has 1 N–H and O–H groups in total. The molecule has 0 spiro atoms. The van der Waals surface area contributed by atoms with Gasteiger partial charge in [0.2, 0.25) is 0 Å². The number of nitrogens with one attached hydrogen (secondary N) is 1. The monoisotopic (exact) mass is 290 g/mol. The van der Waals surface area contributed by atoms with Crippen molar-refractivity contribution in [3.8, 4) is 5.75 Å². The lowest BCUT2D eigenvalue weighted by Crippen LogP contribution is -2.34. The van der Waals surface area contributed by atoms with Crippen molar-refractivity contribution in [2.75, 3.05) is 33.3 Å². The van der Waals surface area contributed by atoms with Crippen molar-refractivity contribution in [2.45, 2.75) is 39.2 Å². The maximum atomic E-state index is 5.36. The van der Waals surface area contributed by atoms with Crippen LogP contribution >= 0.6 is 0 Å². The highest BCUT2D eigenvalue weighted by molar-refractivity contribution is 5.30. The Labute approximate surface area is 129 Å². The summed E-state index contributed by atoms with van der Waals surface area (Å²) in [5.74, 6) is 1.85. The summed E-state index contributed by atoms with van der Waals surface area (Å²) in [5.41, 5.74) is 1.33. The number of benzene rings is 1. The Morgan fingerprint density at radius 2 is 2.24 bits per heavy atom. The lowest BCUT2D eigenvalue weighted by molar-refractivity contribution is 0.281. The fourth-order valence-corrected chi connectivity index (χ4v) is 3.37. The number of ether oxygens (including phenoxy) is 1. The number of methoxy groups -OCH3 is 1. The Bertz CT molecular complexity index is 421. The van der Waals surface area contributed by atoms with Gasteiger partial charge in [-0.2, -0.15) is 0 Å². The highest BCUT2D eigenvalue weighted by Gasteiger charge is 2.24. The van der Waals surface area contributed by atoms with Gasteiger partial charge in [-0.1, -0.05) is 32.4 Å². The summed E-state index contributed by atoms with van der Waals surface area (Å²) in [6, 6.07) is 8.86. The van der Waals surface area contributed by atoms with E-state index in [2.05, 4.69) is 42.3 Å². The van der Waals surface area contributed by atoms with Crippen LogP contribution in [0.3, 0.4) is 0 Å². The number of likely N-dealkylation sites (N-methyl/N-ethyl adjacent to an activating group) is 1. The van der Waals surface area contributed by atoms with Gasteiger partial charge in [0.1, 0.15) is 5.75 Å². The molecule has 3 heteroatoms. The molecule has 1 heterocycles. The van der Waals surface area contributed by atoms with E-state index in [0.29, 0.717) is 6.04 Å². The summed E-state index contributed by atoms with van der Waals surface area (Å²) < 4.78 is 5.36. The van der Waals surface area contributed by atoms with Crippen molar-refractivity contribution < 1.29 is 4.74 Å². The Hall–Kier alpha value is -1.06. The normalized spacial score (nSPS) is 20.6. The Balaban J connectivity index is 1.98. The number of hydrogen-bond acceptors (Lipinski definition) is 3. The molecule has 1 aliphatic heterocycles. The van der Waals surface area contributed by atoms with Gasteiger partial charge >= 0.3 is 0 Å². The molecule has 1 saturated heterocycles. The van der Waals surface area contributed by atoms with Crippen LogP contribution < -0.4 is 10.1 Å². The second kappa shape index (κ2) is 8.40. The number of hydrogen-bond donors (Lipinski definition) is 1. The van der Waals surface area contributed by atoms with Crippen molar-refractivity contribution in [1.82, 2.24) is 10.2 Å². The molecule has 0 aliphatic carbocycles. The zero-order valence-electron chi connectivity index (χ0n) is 13.8. The van der Waals surface area contributed by atoms with Crippen LogP contribution in [0.4, 0.5) is 0 Å². The SMILES string of the molecule is CCCC1CCN(CC(NCC)c2cccc(OC)c2)C1.